The van der Waals surface area contributed by atoms with E-state index in [-0.39, 0.29) is 5.97 Å². The predicted octanol–water partition coefficient (Wildman–Crippen LogP) is 2.05. The highest BCUT2D eigenvalue weighted by Crippen LogP contribution is 2.15. The average molecular weight is 302 g/mol. The van der Waals surface area contributed by atoms with Gasteiger partial charge in [-0.3, -0.25) is 9.69 Å². The van der Waals surface area contributed by atoms with Gasteiger partial charge in [-0.2, -0.15) is 0 Å². The summed E-state index contributed by atoms with van der Waals surface area (Å²) in [5, 5.41) is 3.28. The average Bonchev–Trinajstić information content (AvgIpc) is 2.47. The number of ether oxygens (including phenoxy) is 2. The van der Waals surface area contributed by atoms with Crippen molar-refractivity contribution in [3.05, 3.63) is 0 Å². The highest BCUT2D eigenvalue weighted by atomic mass is 16.5. The Morgan fingerprint density at radius 1 is 1.29 bits per heavy atom. The van der Waals surface area contributed by atoms with E-state index in [9.17, 15) is 4.79 Å². The van der Waals surface area contributed by atoms with Gasteiger partial charge in [0.1, 0.15) is 5.54 Å². The summed E-state index contributed by atoms with van der Waals surface area (Å²) in [6, 6.07) is 0.480. The molecule has 0 spiro atoms. The van der Waals surface area contributed by atoms with Gasteiger partial charge >= 0.3 is 5.97 Å². The molecule has 126 valence electrons. The number of carbonyl (C=O) groups is 1. The van der Waals surface area contributed by atoms with Crippen LogP contribution in [0.25, 0.3) is 0 Å². The molecule has 0 aromatic carbocycles. The molecule has 0 amide bonds. The van der Waals surface area contributed by atoms with Gasteiger partial charge < -0.3 is 14.8 Å². The van der Waals surface area contributed by atoms with Crippen LogP contribution in [-0.4, -0.2) is 62.4 Å². The molecule has 0 rings (SSSR count). The van der Waals surface area contributed by atoms with E-state index in [0.717, 1.165) is 32.5 Å². The van der Waals surface area contributed by atoms with Crippen LogP contribution in [-0.2, 0) is 14.3 Å². The zero-order chi connectivity index (χ0) is 16.3. The monoisotopic (exact) mass is 302 g/mol. The van der Waals surface area contributed by atoms with Crippen molar-refractivity contribution in [1.29, 1.82) is 0 Å². The van der Waals surface area contributed by atoms with E-state index < -0.39 is 5.54 Å². The first-order valence-electron chi connectivity index (χ1n) is 8.10. The summed E-state index contributed by atoms with van der Waals surface area (Å²) in [7, 11) is 1.72. The fourth-order valence-corrected chi connectivity index (χ4v) is 2.33. The SMILES string of the molecule is CCNC(C)(CCN(CCOC)C(C)CC)C(=O)OCC. The first kappa shape index (κ1) is 20.3. The fraction of sp³-hybridized carbons (Fsp3) is 0.938. The summed E-state index contributed by atoms with van der Waals surface area (Å²) in [6.07, 6.45) is 1.81. The smallest absolute Gasteiger partial charge is 0.326 e. The second-order valence-electron chi connectivity index (χ2n) is 5.62. The van der Waals surface area contributed by atoms with E-state index in [1.165, 1.54) is 0 Å². The van der Waals surface area contributed by atoms with E-state index in [4.69, 9.17) is 9.47 Å². The second-order valence-corrected chi connectivity index (χ2v) is 5.62. The molecule has 5 heteroatoms. The molecular weight excluding hydrogens is 268 g/mol. The van der Waals surface area contributed by atoms with Gasteiger partial charge in [0.15, 0.2) is 0 Å². The standard InChI is InChI=1S/C16H34N2O3/c1-7-14(4)18(12-13-20-6)11-10-16(5,17-8-2)15(19)21-9-3/h14,17H,7-13H2,1-6H3. The molecule has 0 heterocycles. The number of nitrogens with one attached hydrogen (secondary N) is 1. The lowest BCUT2D eigenvalue weighted by Crippen LogP contribution is -2.53. The maximum absolute atomic E-state index is 12.2. The maximum atomic E-state index is 12.2. The van der Waals surface area contributed by atoms with Crippen molar-refractivity contribution >= 4 is 5.97 Å². The molecule has 0 aromatic heterocycles. The molecule has 5 nitrogen and oxygen atoms in total. The lowest BCUT2D eigenvalue weighted by atomic mass is 9.97. The molecular formula is C16H34N2O3. The van der Waals surface area contributed by atoms with Crippen LogP contribution < -0.4 is 5.32 Å². The Bertz CT molecular complexity index is 287. The minimum atomic E-state index is -0.621. The summed E-state index contributed by atoms with van der Waals surface area (Å²) < 4.78 is 10.4. The zero-order valence-electron chi connectivity index (χ0n) is 14.7. The highest BCUT2D eigenvalue weighted by Gasteiger charge is 2.34. The number of likely N-dealkylation sites (N-methyl/N-ethyl adjacent to an activating group) is 1. The Hall–Kier alpha value is -0.650. The third-order valence-electron chi connectivity index (χ3n) is 3.99. The Kier molecular flexibility index (Phi) is 10.6. The zero-order valence-corrected chi connectivity index (χ0v) is 14.7. The van der Waals surface area contributed by atoms with E-state index >= 15 is 0 Å². The number of esters is 1. The number of nitrogens with zero attached hydrogens (tertiary/aromatic N) is 1. The quantitative estimate of drug-likeness (QED) is 0.559. The van der Waals surface area contributed by atoms with Crippen molar-refractivity contribution in [1.82, 2.24) is 10.2 Å². The lowest BCUT2D eigenvalue weighted by molar-refractivity contribution is -0.151. The molecule has 0 fully saturated rings. The van der Waals surface area contributed by atoms with Gasteiger partial charge in [0.05, 0.1) is 13.2 Å². The van der Waals surface area contributed by atoms with Crippen LogP contribution in [0.15, 0.2) is 0 Å². The van der Waals surface area contributed by atoms with Crippen LogP contribution >= 0.6 is 0 Å². The summed E-state index contributed by atoms with van der Waals surface area (Å²) in [4.78, 5) is 14.6. The largest absolute Gasteiger partial charge is 0.465 e. The van der Waals surface area contributed by atoms with Crippen LogP contribution in [0.4, 0.5) is 0 Å². The first-order valence-corrected chi connectivity index (χ1v) is 8.10. The van der Waals surface area contributed by atoms with Crippen molar-refractivity contribution in [3.8, 4) is 0 Å². The van der Waals surface area contributed by atoms with Crippen LogP contribution in [0.5, 0.6) is 0 Å². The van der Waals surface area contributed by atoms with Gasteiger partial charge in [-0.25, -0.2) is 0 Å². The van der Waals surface area contributed by atoms with Crippen molar-refractivity contribution in [2.24, 2.45) is 0 Å². The van der Waals surface area contributed by atoms with E-state index in [1.54, 1.807) is 7.11 Å². The normalized spacial score (nSPS) is 15.8. The van der Waals surface area contributed by atoms with Crippen molar-refractivity contribution in [2.75, 3.05) is 40.0 Å². The van der Waals surface area contributed by atoms with Crippen molar-refractivity contribution < 1.29 is 14.3 Å². The Morgan fingerprint density at radius 2 is 1.95 bits per heavy atom. The molecule has 2 atom stereocenters. The van der Waals surface area contributed by atoms with Gasteiger partial charge in [0, 0.05) is 26.2 Å². The van der Waals surface area contributed by atoms with Crippen molar-refractivity contribution in [3.63, 3.8) is 0 Å². The van der Waals surface area contributed by atoms with Crippen molar-refractivity contribution in [2.45, 2.75) is 59.0 Å². The molecule has 0 aliphatic rings. The van der Waals surface area contributed by atoms with Gasteiger partial charge in [0.2, 0.25) is 0 Å². The third kappa shape index (κ3) is 7.25. The predicted molar refractivity (Wildman–Crippen MR) is 86.5 cm³/mol. The summed E-state index contributed by atoms with van der Waals surface area (Å²) >= 11 is 0. The minimum Gasteiger partial charge on any atom is -0.465 e. The topological polar surface area (TPSA) is 50.8 Å². The number of rotatable bonds is 12. The maximum Gasteiger partial charge on any atom is 0.326 e. The molecule has 0 aromatic rings. The summed E-state index contributed by atoms with van der Waals surface area (Å²) in [5.41, 5.74) is -0.621. The van der Waals surface area contributed by atoms with Crippen LogP contribution in [0.2, 0.25) is 0 Å². The molecule has 0 aliphatic carbocycles. The molecule has 21 heavy (non-hydrogen) atoms. The van der Waals surface area contributed by atoms with E-state index in [2.05, 4.69) is 24.1 Å². The Morgan fingerprint density at radius 3 is 2.43 bits per heavy atom. The molecule has 0 bridgehead atoms. The number of carbonyl (C=O) groups excluding carboxylic acids is 1. The Balaban J connectivity index is 4.70. The number of hydrogen-bond acceptors (Lipinski definition) is 5. The molecule has 2 unspecified atom stereocenters. The van der Waals surface area contributed by atoms with Crippen LogP contribution in [0.3, 0.4) is 0 Å². The Labute approximate surface area is 130 Å². The fourth-order valence-electron chi connectivity index (χ4n) is 2.33. The summed E-state index contributed by atoms with van der Waals surface area (Å²) in [6.45, 7) is 13.8. The van der Waals surface area contributed by atoms with Gasteiger partial charge in [-0.15, -0.1) is 0 Å². The van der Waals surface area contributed by atoms with Gasteiger partial charge in [-0.1, -0.05) is 13.8 Å². The molecule has 0 aliphatic heterocycles. The number of hydrogen-bond donors (Lipinski definition) is 1. The lowest BCUT2D eigenvalue weighted by Gasteiger charge is -2.33. The number of methoxy groups -OCH3 is 1. The molecule has 0 radical (unpaired) electrons. The third-order valence-corrected chi connectivity index (χ3v) is 3.99. The molecule has 1 N–H and O–H groups in total. The van der Waals surface area contributed by atoms with Gasteiger partial charge in [0.25, 0.3) is 0 Å². The van der Waals surface area contributed by atoms with E-state index in [0.29, 0.717) is 19.3 Å². The van der Waals surface area contributed by atoms with Crippen LogP contribution in [0.1, 0.15) is 47.5 Å². The second kappa shape index (κ2) is 11.0. The molecule has 0 saturated carbocycles. The van der Waals surface area contributed by atoms with Gasteiger partial charge in [-0.05, 0) is 40.2 Å². The first-order chi connectivity index (χ1) is 9.95. The van der Waals surface area contributed by atoms with Crippen LogP contribution in [0, 0.1) is 0 Å². The highest BCUT2D eigenvalue weighted by molar-refractivity contribution is 5.80. The summed E-state index contributed by atoms with van der Waals surface area (Å²) in [5.74, 6) is -0.164. The van der Waals surface area contributed by atoms with E-state index in [1.807, 2.05) is 20.8 Å². The minimum absolute atomic E-state index is 0.164. The molecule has 0 saturated heterocycles.